The van der Waals surface area contributed by atoms with E-state index in [-0.39, 0.29) is 5.91 Å². The normalized spacial score (nSPS) is 22.1. The SMILES string of the molecule is CC1CNCCC1CNC(=O)c1ccc2ccccc2c1. The molecule has 0 spiro atoms. The van der Waals surface area contributed by atoms with Crippen molar-refractivity contribution in [2.45, 2.75) is 13.3 Å². The van der Waals surface area contributed by atoms with Gasteiger partial charge in [-0.25, -0.2) is 0 Å². The van der Waals surface area contributed by atoms with Gasteiger partial charge in [0, 0.05) is 12.1 Å². The minimum absolute atomic E-state index is 0.0338. The number of piperidine rings is 1. The summed E-state index contributed by atoms with van der Waals surface area (Å²) in [5.74, 6) is 1.23. The Morgan fingerprint density at radius 1 is 1.24 bits per heavy atom. The third-order valence-electron chi connectivity index (χ3n) is 4.50. The van der Waals surface area contributed by atoms with E-state index in [0.717, 1.165) is 37.0 Å². The predicted octanol–water partition coefficient (Wildman–Crippen LogP) is 2.82. The van der Waals surface area contributed by atoms with E-state index >= 15 is 0 Å². The summed E-state index contributed by atoms with van der Waals surface area (Å²) < 4.78 is 0. The molecule has 1 aliphatic rings. The number of carbonyl (C=O) groups is 1. The van der Waals surface area contributed by atoms with Crippen molar-refractivity contribution in [2.75, 3.05) is 19.6 Å². The molecule has 0 aliphatic carbocycles. The maximum atomic E-state index is 12.3. The van der Waals surface area contributed by atoms with Crippen LogP contribution in [0, 0.1) is 11.8 Å². The summed E-state index contributed by atoms with van der Waals surface area (Å²) >= 11 is 0. The van der Waals surface area contributed by atoms with Crippen LogP contribution in [0.3, 0.4) is 0 Å². The van der Waals surface area contributed by atoms with E-state index in [9.17, 15) is 4.79 Å². The molecule has 0 radical (unpaired) electrons. The first kappa shape index (κ1) is 14.1. The fourth-order valence-electron chi connectivity index (χ4n) is 3.03. The van der Waals surface area contributed by atoms with Gasteiger partial charge in [0.25, 0.3) is 5.91 Å². The Morgan fingerprint density at radius 2 is 2.05 bits per heavy atom. The lowest BCUT2D eigenvalue weighted by Crippen LogP contribution is -2.41. The second-order valence-corrected chi connectivity index (χ2v) is 6.00. The number of hydrogen-bond acceptors (Lipinski definition) is 2. The monoisotopic (exact) mass is 282 g/mol. The first-order valence-electron chi connectivity index (χ1n) is 7.72. The summed E-state index contributed by atoms with van der Waals surface area (Å²) in [6.07, 6.45) is 1.14. The zero-order valence-electron chi connectivity index (χ0n) is 12.4. The molecular formula is C18H22N2O. The van der Waals surface area contributed by atoms with Gasteiger partial charge in [0.15, 0.2) is 0 Å². The molecule has 0 saturated carbocycles. The number of carbonyl (C=O) groups excluding carboxylic acids is 1. The Bertz CT molecular complexity index is 638. The van der Waals surface area contributed by atoms with Crippen LogP contribution in [0.1, 0.15) is 23.7 Å². The molecular weight excluding hydrogens is 260 g/mol. The van der Waals surface area contributed by atoms with E-state index in [4.69, 9.17) is 0 Å². The number of hydrogen-bond donors (Lipinski definition) is 2. The molecule has 1 fully saturated rings. The van der Waals surface area contributed by atoms with Gasteiger partial charge in [-0.3, -0.25) is 4.79 Å². The fourth-order valence-corrected chi connectivity index (χ4v) is 3.03. The third-order valence-corrected chi connectivity index (χ3v) is 4.50. The van der Waals surface area contributed by atoms with Crippen LogP contribution in [-0.4, -0.2) is 25.5 Å². The van der Waals surface area contributed by atoms with E-state index in [0.29, 0.717) is 11.8 Å². The molecule has 1 amide bonds. The van der Waals surface area contributed by atoms with E-state index in [1.54, 1.807) is 0 Å². The second kappa shape index (κ2) is 6.27. The molecule has 110 valence electrons. The molecule has 1 saturated heterocycles. The lowest BCUT2D eigenvalue weighted by molar-refractivity contribution is 0.0938. The Morgan fingerprint density at radius 3 is 2.86 bits per heavy atom. The molecule has 2 atom stereocenters. The number of rotatable bonds is 3. The first-order valence-corrected chi connectivity index (χ1v) is 7.72. The summed E-state index contributed by atoms with van der Waals surface area (Å²) in [6.45, 7) is 5.13. The highest BCUT2D eigenvalue weighted by atomic mass is 16.1. The number of benzene rings is 2. The summed E-state index contributed by atoms with van der Waals surface area (Å²) in [6, 6.07) is 14.0. The summed E-state index contributed by atoms with van der Waals surface area (Å²) in [7, 11) is 0. The highest BCUT2D eigenvalue weighted by Crippen LogP contribution is 2.18. The quantitative estimate of drug-likeness (QED) is 0.909. The van der Waals surface area contributed by atoms with Gasteiger partial charge in [-0.15, -0.1) is 0 Å². The zero-order valence-corrected chi connectivity index (χ0v) is 12.4. The standard InChI is InChI=1S/C18H22N2O/c1-13-11-19-9-8-17(13)12-20-18(21)16-7-6-14-4-2-3-5-15(14)10-16/h2-7,10,13,17,19H,8-9,11-12H2,1H3,(H,20,21). The number of nitrogens with one attached hydrogen (secondary N) is 2. The molecule has 1 aliphatic heterocycles. The van der Waals surface area contributed by atoms with Gasteiger partial charge in [0.2, 0.25) is 0 Å². The van der Waals surface area contributed by atoms with Crippen LogP contribution in [0.15, 0.2) is 42.5 Å². The summed E-state index contributed by atoms with van der Waals surface area (Å²) in [5.41, 5.74) is 0.746. The molecule has 1 heterocycles. The highest BCUT2D eigenvalue weighted by Gasteiger charge is 2.21. The van der Waals surface area contributed by atoms with Crippen molar-refractivity contribution in [3.05, 3.63) is 48.0 Å². The van der Waals surface area contributed by atoms with Crippen molar-refractivity contribution in [2.24, 2.45) is 11.8 Å². The van der Waals surface area contributed by atoms with E-state index in [1.165, 1.54) is 5.39 Å². The lowest BCUT2D eigenvalue weighted by atomic mass is 9.88. The maximum Gasteiger partial charge on any atom is 0.251 e. The molecule has 2 aromatic carbocycles. The minimum Gasteiger partial charge on any atom is -0.352 e. The Labute approximate surface area is 125 Å². The fraction of sp³-hybridized carbons (Fsp3) is 0.389. The Balaban J connectivity index is 1.66. The number of fused-ring (bicyclic) bond motifs is 1. The smallest absolute Gasteiger partial charge is 0.251 e. The molecule has 2 N–H and O–H groups in total. The lowest BCUT2D eigenvalue weighted by Gasteiger charge is -2.29. The molecule has 3 heteroatoms. The second-order valence-electron chi connectivity index (χ2n) is 6.00. The molecule has 2 aromatic rings. The van der Waals surface area contributed by atoms with Gasteiger partial charge in [0.1, 0.15) is 0 Å². The van der Waals surface area contributed by atoms with E-state index in [2.05, 4.69) is 23.6 Å². The van der Waals surface area contributed by atoms with Crippen LogP contribution in [-0.2, 0) is 0 Å². The van der Waals surface area contributed by atoms with Gasteiger partial charge in [0.05, 0.1) is 0 Å². The van der Waals surface area contributed by atoms with Crippen LogP contribution in [0.25, 0.3) is 10.8 Å². The zero-order chi connectivity index (χ0) is 14.7. The Kier molecular flexibility index (Phi) is 4.20. The van der Waals surface area contributed by atoms with Crippen molar-refractivity contribution in [1.29, 1.82) is 0 Å². The van der Waals surface area contributed by atoms with E-state index < -0.39 is 0 Å². The van der Waals surface area contributed by atoms with Crippen LogP contribution in [0.2, 0.25) is 0 Å². The van der Waals surface area contributed by atoms with Crippen molar-refractivity contribution >= 4 is 16.7 Å². The van der Waals surface area contributed by atoms with Crippen LogP contribution < -0.4 is 10.6 Å². The average molecular weight is 282 g/mol. The molecule has 2 unspecified atom stereocenters. The third kappa shape index (κ3) is 3.24. The maximum absolute atomic E-state index is 12.3. The van der Waals surface area contributed by atoms with E-state index in [1.807, 2.05) is 36.4 Å². The highest BCUT2D eigenvalue weighted by molar-refractivity contribution is 5.98. The van der Waals surface area contributed by atoms with Crippen molar-refractivity contribution in [3.63, 3.8) is 0 Å². The minimum atomic E-state index is 0.0338. The molecule has 0 aromatic heterocycles. The summed E-state index contributed by atoms with van der Waals surface area (Å²) in [5, 5.41) is 8.77. The topological polar surface area (TPSA) is 41.1 Å². The summed E-state index contributed by atoms with van der Waals surface area (Å²) in [4.78, 5) is 12.3. The van der Waals surface area contributed by atoms with Gasteiger partial charge in [-0.05, 0) is 54.3 Å². The van der Waals surface area contributed by atoms with Gasteiger partial charge in [-0.1, -0.05) is 37.3 Å². The van der Waals surface area contributed by atoms with Crippen LogP contribution >= 0.6 is 0 Å². The number of amides is 1. The largest absolute Gasteiger partial charge is 0.352 e. The van der Waals surface area contributed by atoms with Crippen molar-refractivity contribution in [1.82, 2.24) is 10.6 Å². The first-order chi connectivity index (χ1) is 10.2. The van der Waals surface area contributed by atoms with Gasteiger partial charge < -0.3 is 10.6 Å². The molecule has 3 rings (SSSR count). The van der Waals surface area contributed by atoms with Gasteiger partial charge in [-0.2, -0.15) is 0 Å². The predicted molar refractivity (Wildman–Crippen MR) is 86.4 cm³/mol. The molecule has 3 nitrogen and oxygen atoms in total. The molecule has 0 bridgehead atoms. The van der Waals surface area contributed by atoms with Crippen molar-refractivity contribution in [3.8, 4) is 0 Å². The van der Waals surface area contributed by atoms with Crippen molar-refractivity contribution < 1.29 is 4.79 Å². The van der Waals surface area contributed by atoms with Crippen LogP contribution in [0.5, 0.6) is 0 Å². The van der Waals surface area contributed by atoms with Crippen LogP contribution in [0.4, 0.5) is 0 Å². The van der Waals surface area contributed by atoms with Gasteiger partial charge >= 0.3 is 0 Å². The average Bonchev–Trinajstić information content (AvgIpc) is 2.53. The molecule has 21 heavy (non-hydrogen) atoms. The Hall–Kier alpha value is -1.87.